The van der Waals surface area contributed by atoms with Gasteiger partial charge in [0.05, 0.1) is 18.7 Å². The summed E-state index contributed by atoms with van der Waals surface area (Å²) in [6.45, 7) is 7.30. The van der Waals surface area contributed by atoms with Gasteiger partial charge in [0.1, 0.15) is 12.1 Å². The molecule has 0 amide bonds. The topological polar surface area (TPSA) is 60.5 Å². The highest BCUT2D eigenvalue weighted by molar-refractivity contribution is 5.90. The van der Waals surface area contributed by atoms with Crippen molar-refractivity contribution in [3.05, 3.63) is 66.1 Å². The molecule has 1 unspecified atom stereocenters. The maximum atomic E-state index is 5.55. The molecule has 0 radical (unpaired) electrons. The summed E-state index contributed by atoms with van der Waals surface area (Å²) in [4.78, 5) is 19.9. The van der Waals surface area contributed by atoms with Crippen LogP contribution in [0.3, 0.4) is 0 Å². The number of aromatic amines is 1. The Morgan fingerprint density at radius 3 is 2.82 bits per heavy atom. The van der Waals surface area contributed by atoms with Gasteiger partial charge in [0.25, 0.3) is 0 Å². The fourth-order valence-electron chi connectivity index (χ4n) is 5.29. The maximum absolute atomic E-state index is 5.55. The Hall–Kier alpha value is -3.00. The van der Waals surface area contributed by atoms with Crippen LogP contribution >= 0.6 is 0 Å². The summed E-state index contributed by atoms with van der Waals surface area (Å²) >= 11 is 0. The Labute approximate surface area is 194 Å². The monoisotopic (exact) mass is 442 g/mol. The zero-order valence-corrected chi connectivity index (χ0v) is 19.1. The van der Waals surface area contributed by atoms with Crippen molar-refractivity contribution >= 4 is 27.6 Å². The first-order valence-corrected chi connectivity index (χ1v) is 11.8. The Bertz CT molecular complexity index is 1260. The van der Waals surface area contributed by atoms with E-state index in [9.17, 15) is 0 Å². The van der Waals surface area contributed by atoms with E-state index in [1.54, 1.807) is 6.33 Å². The van der Waals surface area contributed by atoms with Crippen molar-refractivity contribution in [2.24, 2.45) is 0 Å². The van der Waals surface area contributed by atoms with Gasteiger partial charge in [-0.15, -0.1) is 0 Å². The average molecular weight is 443 g/mol. The predicted molar refractivity (Wildman–Crippen MR) is 132 cm³/mol. The van der Waals surface area contributed by atoms with Crippen molar-refractivity contribution in [1.29, 1.82) is 0 Å². The van der Waals surface area contributed by atoms with Crippen LogP contribution in [0.5, 0.6) is 0 Å². The molecule has 4 heterocycles. The van der Waals surface area contributed by atoms with E-state index in [0.29, 0.717) is 6.04 Å². The molecule has 1 N–H and O–H groups in total. The van der Waals surface area contributed by atoms with Gasteiger partial charge in [-0.05, 0) is 42.4 Å². The quantitative estimate of drug-likeness (QED) is 0.523. The Morgan fingerprint density at radius 1 is 1.00 bits per heavy atom. The van der Waals surface area contributed by atoms with Crippen LogP contribution in [0, 0.1) is 0 Å². The van der Waals surface area contributed by atoms with Gasteiger partial charge in [0.2, 0.25) is 0 Å². The third-order valence-corrected chi connectivity index (χ3v) is 7.06. The summed E-state index contributed by atoms with van der Waals surface area (Å²) < 4.78 is 5.55. The van der Waals surface area contributed by atoms with Gasteiger partial charge in [-0.1, -0.05) is 18.2 Å². The van der Waals surface area contributed by atoms with E-state index >= 15 is 0 Å². The lowest BCUT2D eigenvalue weighted by atomic mass is 9.98. The number of fused-ring (bicyclic) bond motifs is 2. The molecule has 2 fully saturated rings. The first kappa shape index (κ1) is 20.6. The normalized spacial score (nSPS) is 20.6. The lowest BCUT2D eigenvalue weighted by molar-refractivity contribution is 0.0842. The summed E-state index contributed by atoms with van der Waals surface area (Å²) in [6, 6.07) is 15.8. The SMILES string of the molecule is CN1CCN(Cc2ccc3ncnc(N4CCOCC4)c3c2)C(c2cccc3[nH]ccc23)C1. The molecular weight excluding hydrogens is 412 g/mol. The van der Waals surface area contributed by atoms with Crippen molar-refractivity contribution in [2.75, 3.05) is 57.9 Å². The highest BCUT2D eigenvalue weighted by Crippen LogP contribution is 2.32. The van der Waals surface area contributed by atoms with Crippen LogP contribution in [-0.4, -0.2) is 77.7 Å². The van der Waals surface area contributed by atoms with Crippen molar-refractivity contribution < 1.29 is 4.74 Å². The maximum Gasteiger partial charge on any atom is 0.140 e. The van der Waals surface area contributed by atoms with E-state index in [0.717, 1.165) is 69.2 Å². The van der Waals surface area contributed by atoms with E-state index in [1.165, 1.54) is 22.0 Å². The van der Waals surface area contributed by atoms with Crippen LogP contribution < -0.4 is 4.90 Å². The van der Waals surface area contributed by atoms with E-state index in [2.05, 4.69) is 79.2 Å². The van der Waals surface area contributed by atoms with Crippen LogP contribution in [-0.2, 0) is 11.3 Å². The summed E-state index contributed by atoms with van der Waals surface area (Å²) in [5, 5.41) is 2.46. The van der Waals surface area contributed by atoms with Crippen LogP contribution in [0.2, 0.25) is 0 Å². The molecule has 0 saturated carbocycles. The molecular formula is C26H30N6O. The molecule has 6 rings (SSSR count). The summed E-state index contributed by atoms with van der Waals surface area (Å²) in [7, 11) is 2.23. The number of anilines is 1. The van der Waals surface area contributed by atoms with Crippen molar-refractivity contribution in [3.8, 4) is 0 Å². The molecule has 2 aromatic carbocycles. The van der Waals surface area contributed by atoms with Gasteiger partial charge in [-0.3, -0.25) is 4.90 Å². The molecule has 1 atom stereocenters. The number of rotatable bonds is 4. The molecule has 2 aliphatic rings. The summed E-state index contributed by atoms with van der Waals surface area (Å²) in [5.41, 5.74) is 4.92. The molecule has 7 heteroatoms. The minimum Gasteiger partial charge on any atom is -0.378 e. The summed E-state index contributed by atoms with van der Waals surface area (Å²) in [5.74, 6) is 1.03. The highest BCUT2D eigenvalue weighted by Gasteiger charge is 2.28. The fourth-order valence-corrected chi connectivity index (χ4v) is 5.29. The van der Waals surface area contributed by atoms with Gasteiger partial charge in [0, 0.05) is 67.8 Å². The van der Waals surface area contributed by atoms with Gasteiger partial charge in [-0.25, -0.2) is 9.97 Å². The Morgan fingerprint density at radius 2 is 1.91 bits per heavy atom. The molecule has 33 heavy (non-hydrogen) atoms. The largest absolute Gasteiger partial charge is 0.378 e. The predicted octanol–water partition coefficient (Wildman–Crippen LogP) is 3.44. The second-order valence-corrected chi connectivity index (χ2v) is 9.18. The van der Waals surface area contributed by atoms with Crippen molar-refractivity contribution in [1.82, 2.24) is 24.8 Å². The van der Waals surface area contributed by atoms with Crippen LogP contribution in [0.15, 0.2) is 55.0 Å². The number of benzene rings is 2. The average Bonchev–Trinajstić information content (AvgIpc) is 3.34. The number of hydrogen-bond acceptors (Lipinski definition) is 6. The lowest BCUT2D eigenvalue weighted by Crippen LogP contribution is -2.46. The molecule has 170 valence electrons. The smallest absolute Gasteiger partial charge is 0.140 e. The number of aromatic nitrogens is 3. The van der Waals surface area contributed by atoms with Crippen LogP contribution in [0.25, 0.3) is 21.8 Å². The number of morpholine rings is 1. The number of likely N-dealkylation sites (N-methyl/N-ethyl adjacent to an activating group) is 1. The number of piperazine rings is 1. The fraction of sp³-hybridized carbons (Fsp3) is 0.385. The molecule has 2 saturated heterocycles. The zero-order valence-electron chi connectivity index (χ0n) is 19.1. The number of hydrogen-bond donors (Lipinski definition) is 1. The van der Waals surface area contributed by atoms with E-state index in [1.807, 2.05) is 6.20 Å². The highest BCUT2D eigenvalue weighted by atomic mass is 16.5. The second kappa shape index (κ2) is 8.74. The van der Waals surface area contributed by atoms with E-state index < -0.39 is 0 Å². The van der Waals surface area contributed by atoms with Gasteiger partial charge < -0.3 is 19.5 Å². The first-order chi connectivity index (χ1) is 16.3. The van der Waals surface area contributed by atoms with Crippen LogP contribution in [0.1, 0.15) is 17.2 Å². The molecule has 2 aromatic heterocycles. The van der Waals surface area contributed by atoms with Gasteiger partial charge in [0.15, 0.2) is 0 Å². The second-order valence-electron chi connectivity index (χ2n) is 9.18. The first-order valence-electron chi connectivity index (χ1n) is 11.8. The molecule has 7 nitrogen and oxygen atoms in total. The van der Waals surface area contributed by atoms with Crippen molar-refractivity contribution in [3.63, 3.8) is 0 Å². The Balaban J connectivity index is 1.34. The minimum absolute atomic E-state index is 0.352. The van der Waals surface area contributed by atoms with Gasteiger partial charge >= 0.3 is 0 Å². The third-order valence-electron chi connectivity index (χ3n) is 7.06. The number of ether oxygens (including phenoxy) is 1. The van der Waals surface area contributed by atoms with E-state index in [-0.39, 0.29) is 0 Å². The zero-order chi connectivity index (χ0) is 22.2. The Kier molecular flexibility index (Phi) is 5.46. The molecule has 2 aliphatic heterocycles. The van der Waals surface area contributed by atoms with Gasteiger partial charge in [-0.2, -0.15) is 0 Å². The minimum atomic E-state index is 0.352. The van der Waals surface area contributed by atoms with Crippen LogP contribution in [0.4, 0.5) is 5.82 Å². The van der Waals surface area contributed by atoms with Crippen molar-refractivity contribution in [2.45, 2.75) is 12.6 Å². The summed E-state index contributed by atoms with van der Waals surface area (Å²) in [6.07, 6.45) is 3.72. The third kappa shape index (κ3) is 3.97. The molecule has 0 aliphatic carbocycles. The number of nitrogens with zero attached hydrogens (tertiary/aromatic N) is 5. The molecule has 0 spiro atoms. The standard InChI is InChI=1S/C26H30N6O/c1-30-9-10-32(25(17-30)21-3-2-4-23-20(21)7-8-27-23)16-19-5-6-24-22(15-19)26(29-18-28-24)31-11-13-33-14-12-31/h2-8,15,18,25,27H,9-14,16-17H2,1H3. The number of nitrogens with one attached hydrogen (secondary N) is 1. The molecule has 0 bridgehead atoms. The molecule has 4 aromatic rings. The lowest BCUT2D eigenvalue weighted by Gasteiger charge is -2.40. The number of H-pyrrole nitrogens is 1. The van der Waals surface area contributed by atoms with E-state index in [4.69, 9.17) is 4.74 Å².